The minimum atomic E-state index is -0.0340. The summed E-state index contributed by atoms with van der Waals surface area (Å²) in [6.45, 7) is 5.68. The highest BCUT2D eigenvalue weighted by molar-refractivity contribution is 5.87. The normalized spacial score (nSPS) is 15.9. The molecular formula is C24H27N7O. The van der Waals surface area contributed by atoms with Gasteiger partial charge in [0.25, 0.3) is 0 Å². The van der Waals surface area contributed by atoms with Crippen LogP contribution in [0, 0.1) is 0 Å². The predicted molar refractivity (Wildman–Crippen MR) is 125 cm³/mol. The largest absolute Gasteiger partial charge is 0.353 e. The number of fused-ring (bicyclic) bond motifs is 2. The third kappa shape index (κ3) is 4.01. The highest BCUT2D eigenvalue weighted by Gasteiger charge is 2.22. The molecule has 1 fully saturated rings. The van der Waals surface area contributed by atoms with Crippen molar-refractivity contribution in [1.29, 1.82) is 0 Å². The van der Waals surface area contributed by atoms with Crippen molar-refractivity contribution in [3.05, 3.63) is 60.6 Å². The fourth-order valence-corrected chi connectivity index (χ4v) is 4.37. The van der Waals surface area contributed by atoms with Crippen LogP contribution in [0.5, 0.6) is 0 Å². The number of hydrogen-bond donors (Lipinski definition) is 1. The van der Waals surface area contributed by atoms with Crippen molar-refractivity contribution in [2.45, 2.75) is 13.0 Å². The van der Waals surface area contributed by atoms with Crippen LogP contribution in [0.2, 0.25) is 0 Å². The first-order valence-electron chi connectivity index (χ1n) is 11.0. The van der Waals surface area contributed by atoms with E-state index in [9.17, 15) is 4.79 Å². The van der Waals surface area contributed by atoms with Gasteiger partial charge in [-0.1, -0.05) is 36.4 Å². The van der Waals surface area contributed by atoms with Crippen molar-refractivity contribution in [2.75, 3.05) is 37.6 Å². The molecule has 1 amide bonds. The molecule has 164 valence electrons. The lowest BCUT2D eigenvalue weighted by molar-refractivity contribution is -0.123. The molecule has 8 heteroatoms. The van der Waals surface area contributed by atoms with Crippen LogP contribution in [0.25, 0.3) is 21.8 Å². The van der Waals surface area contributed by atoms with Crippen molar-refractivity contribution in [1.82, 2.24) is 30.0 Å². The standard InChI is InChI=1S/C24H27N7O/c1-17(19-8-7-18-5-3-4-6-20(18)13-19)28-22(32)15-30-9-11-31(12-10-30)24-21-14-27-29(2)23(21)25-16-26-24/h3-8,13-14,16-17H,9-12,15H2,1-2H3,(H,28,32). The number of carbonyl (C=O) groups excluding carboxylic acids is 1. The molecule has 0 radical (unpaired) electrons. The van der Waals surface area contributed by atoms with E-state index in [-0.39, 0.29) is 11.9 Å². The summed E-state index contributed by atoms with van der Waals surface area (Å²) in [4.78, 5) is 25.9. The SMILES string of the molecule is CC(NC(=O)CN1CCN(c2ncnc3c2cnn3C)CC1)c1ccc2ccccc2c1. The van der Waals surface area contributed by atoms with E-state index in [1.54, 1.807) is 11.0 Å². The molecule has 8 nitrogen and oxygen atoms in total. The van der Waals surface area contributed by atoms with Gasteiger partial charge in [0.15, 0.2) is 5.65 Å². The zero-order valence-corrected chi connectivity index (χ0v) is 18.4. The number of anilines is 1. The van der Waals surface area contributed by atoms with E-state index in [0.29, 0.717) is 6.54 Å². The smallest absolute Gasteiger partial charge is 0.234 e. The monoisotopic (exact) mass is 429 g/mol. The number of amides is 1. The molecule has 4 aromatic rings. The first kappa shape index (κ1) is 20.4. The molecular weight excluding hydrogens is 402 g/mol. The number of aryl methyl sites for hydroxylation is 1. The van der Waals surface area contributed by atoms with Gasteiger partial charge >= 0.3 is 0 Å². The summed E-state index contributed by atoms with van der Waals surface area (Å²) in [5.41, 5.74) is 1.95. The molecule has 0 aliphatic carbocycles. The van der Waals surface area contributed by atoms with Crippen molar-refractivity contribution >= 4 is 33.5 Å². The Balaban J connectivity index is 1.17. The second-order valence-electron chi connectivity index (χ2n) is 8.36. The zero-order valence-electron chi connectivity index (χ0n) is 18.4. The van der Waals surface area contributed by atoms with Crippen molar-refractivity contribution in [2.24, 2.45) is 7.05 Å². The number of benzene rings is 2. The zero-order chi connectivity index (χ0) is 22.1. The Morgan fingerprint density at radius 3 is 2.66 bits per heavy atom. The Hall–Kier alpha value is -3.52. The fraction of sp³-hybridized carbons (Fsp3) is 0.333. The Morgan fingerprint density at radius 1 is 1.06 bits per heavy atom. The summed E-state index contributed by atoms with van der Waals surface area (Å²) in [5, 5.41) is 10.8. The second-order valence-corrected chi connectivity index (χ2v) is 8.36. The lowest BCUT2D eigenvalue weighted by Crippen LogP contribution is -2.50. The van der Waals surface area contributed by atoms with Crippen LogP contribution in [0.3, 0.4) is 0 Å². The topological polar surface area (TPSA) is 79.2 Å². The number of carbonyl (C=O) groups is 1. The average molecular weight is 430 g/mol. The number of hydrogen-bond acceptors (Lipinski definition) is 6. The van der Waals surface area contributed by atoms with Gasteiger partial charge in [0, 0.05) is 33.2 Å². The van der Waals surface area contributed by atoms with Crippen molar-refractivity contribution < 1.29 is 4.79 Å². The highest BCUT2D eigenvalue weighted by atomic mass is 16.2. The summed E-state index contributed by atoms with van der Waals surface area (Å²) >= 11 is 0. The van der Waals surface area contributed by atoms with E-state index in [0.717, 1.165) is 48.6 Å². The molecule has 1 atom stereocenters. The first-order valence-corrected chi connectivity index (χ1v) is 11.0. The van der Waals surface area contributed by atoms with Gasteiger partial charge in [-0.25, -0.2) is 9.97 Å². The maximum atomic E-state index is 12.7. The molecule has 1 saturated heterocycles. The van der Waals surface area contributed by atoms with E-state index < -0.39 is 0 Å². The van der Waals surface area contributed by atoms with E-state index in [4.69, 9.17) is 0 Å². The minimum Gasteiger partial charge on any atom is -0.353 e. The average Bonchev–Trinajstić information content (AvgIpc) is 3.20. The highest BCUT2D eigenvalue weighted by Crippen LogP contribution is 2.23. The van der Waals surface area contributed by atoms with Gasteiger partial charge in [0.05, 0.1) is 24.2 Å². The van der Waals surface area contributed by atoms with Crippen LogP contribution >= 0.6 is 0 Å². The van der Waals surface area contributed by atoms with Crippen LogP contribution in [0.1, 0.15) is 18.5 Å². The Morgan fingerprint density at radius 2 is 1.84 bits per heavy atom. The molecule has 1 unspecified atom stereocenters. The molecule has 2 aromatic carbocycles. The molecule has 0 bridgehead atoms. The van der Waals surface area contributed by atoms with Crippen LogP contribution in [0.15, 0.2) is 55.0 Å². The number of nitrogens with zero attached hydrogens (tertiary/aromatic N) is 6. The maximum absolute atomic E-state index is 12.7. The summed E-state index contributed by atoms with van der Waals surface area (Å²) in [7, 11) is 1.88. The summed E-state index contributed by atoms with van der Waals surface area (Å²) in [6, 6.07) is 14.6. The molecule has 32 heavy (non-hydrogen) atoms. The molecule has 5 rings (SSSR count). The summed E-state index contributed by atoms with van der Waals surface area (Å²) < 4.78 is 1.76. The quantitative estimate of drug-likeness (QED) is 0.525. The lowest BCUT2D eigenvalue weighted by Gasteiger charge is -2.35. The van der Waals surface area contributed by atoms with E-state index in [2.05, 4.69) is 60.5 Å². The minimum absolute atomic E-state index is 0.0340. The van der Waals surface area contributed by atoms with Gasteiger partial charge in [-0.15, -0.1) is 0 Å². The van der Waals surface area contributed by atoms with E-state index in [1.165, 1.54) is 10.8 Å². The number of aromatic nitrogens is 4. The Bertz CT molecular complexity index is 1260. The number of nitrogens with one attached hydrogen (secondary N) is 1. The van der Waals surface area contributed by atoms with Crippen LogP contribution in [-0.2, 0) is 11.8 Å². The predicted octanol–water partition coefficient (Wildman–Crippen LogP) is 2.52. The number of piperazine rings is 1. The second kappa shape index (κ2) is 8.55. The molecule has 0 saturated carbocycles. The van der Waals surface area contributed by atoms with Gasteiger partial charge in [-0.05, 0) is 29.3 Å². The van der Waals surface area contributed by atoms with E-state index >= 15 is 0 Å². The van der Waals surface area contributed by atoms with Crippen LogP contribution < -0.4 is 10.2 Å². The first-order chi connectivity index (χ1) is 15.6. The van der Waals surface area contributed by atoms with E-state index in [1.807, 2.05) is 32.3 Å². The molecule has 3 heterocycles. The Kier molecular flexibility index (Phi) is 5.45. The van der Waals surface area contributed by atoms with Crippen molar-refractivity contribution in [3.63, 3.8) is 0 Å². The molecule has 1 N–H and O–H groups in total. The van der Waals surface area contributed by atoms with Crippen LogP contribution in [-0.4, -0.2) is 63.3 Å². The van der Waals surface area contributed by atoms with Gasteiger partial charge in [0.1, 0.15) is 12.1 Å². The number of rotatable bonds is 5. The van der Waals surface area contributed by atoms with Gasteiger partial charge in [-0.3, -0.25) is 14.4 Å². The maximum Gasteiger partial charge on any atom is 0.234 e. The van der Waals surface area contributed by atoms with Gasteiger partial charge < -0.3 is 10.2 Å². The fourth-order valence-electron chi connectivity index (χ4n) is 4.37. The summed E-state index contributed by atoms with van der Waals surface area (Å²) in [6.07, 6.45) is 3.41. The third-order valence-corrected chi connectivity index (χ3v) is 6.20. The summed E-state index contributed by atoms with van der Waals surface area (Å²) in [5.74, 6) is 0.966. The third-order valence-electron chi connectivity index (χ3n) is 6.20. The van der Waals surface area contributed by atoms with Gasteiger partial charge in [-0.2, -0.15) is 5.10 Å². The molecule has 2 aromatic heterocycles. The van der Waals surface area contributed by atoms with Crippen molar-refractivity contribution in [3.8, 4) is 0 Å². The van der Waals surface area contributed by atoms with Gasteiger partial charge in [0.2, 0.25) is 5.91 Å². The Labute approximate surface area is 186 Å². The molecule has 0 spiro atoms. The molecule has 1 aliphatic heterocycles. The molecule has 1 aliphatic rings. The van der Waals surface area contributed by atoms with Crippen LogP contribution in [0.4, 0.5) is 5.82 Å². The lowest BCUT2D eigenvalue weighted by atomic mass is 10.0.